The summed E-state index contributed by atoms with van der Waals surface area (Å²) in [6, 6.07) is 3.93. The fourth-order valence-electron chi connectivity index (χ4n) is 2.23. The van der Waals surface area contributed by atoms with Crippen molar-refractivity contribution in [2.75, 3.05) is 5.75 Å². The van der Waals surface area contributed by atoms with Crippen LogP contribution in [0.4, 0.5) is 13.2 Å². The number of halogens is 4. The summed E-state index contributed by atoms with van der Waals surface area (Å²) < 4.78 is 61.9. The van der Waals surface area contributed by atoms with Gasteiger partial charge in [0, 0.05) is 6.04 Å². The summed E-state index contributed by atoms with van der Waals surface area (Å²) in [6.45, 7) is 0. The second-order valence-electron chi connectivity index (χ2n) is 4.95. The minimum Gasteiger partial charge on any atom is -0.230 e. The van der Waals surface area contributed by atoms with Crippen LogP contribution in [-0.2, 0) is 16.0 Å². The van der Waals surface area contributed by atoms with Gasteiger partial charge in [0.05, 0.1) is 16.2 Å². The van der Waals surface area contributed by atoms with Gasteiger partial charge in [-0.05, 0) is 48.7 Å². The molecule has 1 fully saturated rings. The van der Waals surface area contributed by atoms with Gasteiger partial charge < -0.3 is 0 Å². The van der Waals surface area contributed by atoms with Crippen LogP contribution in [0.1, 0.15) is 18.4 Å². The van der Waals surface area contributed by atoms with E-state index in [0.717, 1.165) is 12.1 Å². The molecule has 0 aromatic heterocycles. The molecular weight excluding hydrogens is 315 g/mol. The van der Waals surface area contributed by atoms with Crippen LogP contribution >= 0.6 is 11.8 Å². The van der Waals surface area contributed by atoms with Crippen LogP contribution in [0.15, 0.2) is 29.2 Å². The zero-order valence-corrected chi connectivity index (χ0v) is 11.9. The molecule has 20 heavy (non-hydrogen) atoms. The summed E-state index contributed by atoms with van der Waals surface area (Å²) in [5, 5.41) is 0. The number of rotatable bonds is 4. The van der Waals surface area contributed by atoms with Crippen molar-refractivity contribution in [1.82, 2.24) is 4.84 Å². The summed E-state index contributed by atoms with van der Waals surface area (Å²) in [4.78, 5) is 2.23. The lowest BCUT2D eigenvalue weighted by molar-refractivity contribution is -0.137. The average molecular weight is 328 g/mol. The summed E-state index contributed by atoms with van der Waals surface area (Å²) in [6.07, 6.45) is -3.32. The third-order valence-corrected chi connectivity index (χ3v) is 5.56. The Kier molecular flexibility index (Phi) is 4.32. The van der Waals surface area contributed by atoms with Crippen molar-refractivity contribution in [2.24, 2.45) is 5.92 Å². The monoisotopic (exact) mass is 327 g/mol. The number of hydrogen-bond donors (Lipinski definition) is 1. The standard InChI is InChI=1S/C12H13ClF3NO2S/c13-17-10-4-8(5-10)7-20(18,19)11-3-1-2-9(6-11)12(14,15)16/h1-3,6,8,10,17H,4-5,7H2/t8-,10-. The van der Waals surface area contributed by atoms with Crippen molar-refractivity contribution in [3.05, 3.63) is 29.8 Å². The first-order valence-electron chi connectivity index (χ1n) is 5.98. The van der Waals surface area contributed by atoms with Gasteiger partial charge in [0.25, 0.3) is 0 Å². The topological polar surface area (TPSA) is 46.2 Å². The van der Waals surface area contributed by atoms with Crippen LogP contribution < -0.4 is 4.84 Å². The Morgan fingerprint density at radius 2 is 1.95 bits per heavy atom. The lowest BCUT2D eigenvalue weighted by Crippen LogP contribution is -2.39. The number of alkyl halides is 3. The molecule has 0 spiro atoms. The van der Waals surface area contributed by atoms with E-state index < -0.39 is 21.6 Å². The smallest absolute Gasteiger partial charge is 0.230 e. The highest BCUT2D eigenvalue weighted by atomic mass is 35.5. The van der Waals surface area contributed by atoms with E-state index >= 15 is 0 Å². The first-order valence-corrected chi connectivity index (χ1v) is 8.01. The van der Waals surface area contributed by atoms with Crippen LogP contribution in [0, 0.1) is 5.92 Å². The normalized spacial score (nSPS) is 23.4. The van der Waals surface area contributed by atoms with E-state index in [1.165, 1.54) is 6.07 Å². The van der Waals surface area contributed by atoms with Crippen molar-refractivity contribution >= 4 is 21.6 Å². The van der Waals surface area contributed by atoms with E-state index in [1.807, 2.05) is 0 Å². The molecule has 1 aliphatic carbocycles. The molecule has 1 aromatic carbocycles. The minimum absolute atomic E-state index is 0.0641. The van der Waals surface area contributed by atoms with Crippen LogP contribution in [0.5, 0.6) is 0 Å². The Bertz CT molecular complexity index is 583. The maximum absolute atomic E-state index is 12.6. The minimum atomic E-state index is -4.55. The number of sulfone groups is 1. The van der Waals surface area contributed by atoms with Gasteiger partial charge in [-0.1, -0.05) is 6.07 Å². The lowest BCUT2D eigenvalue weighted by atomic mass is 9.82. The van der Waals surface area contributed by atoms with Crippen LogP contribution in [0.2, 0.25) is 0 Å². The van der Waals surface area contributed by atoms with Crippen molar-refractivity contribution in [2.45, 2.75) is 30.0 Å². The van der Waals surface area contributed by atoms with Gasteiger partial charge in [0.2, 0.25) is 0 Å². The summed E-state index contributed by atoms with van der Waals surface area (Å²) in [5.74, 6) is -0.214. The Morgan fingerprint density at radius 1 is 1.30 bits per heavy atom. The quantitative estimate of drug-likeness (QED) is 0.865. The molecule has 0 unspecified atom stereocenters. The van der Waals surface area contributed by atoms with E-state index in [4.69, 9.17) is 11.8 Å². The van der Waals surface area contributed by atoms with E-state index in [0.29, 0.717) is 18.9 Å². The number of nitrogens with one attached hydrogen (secondary N) is 1. The summed E-state index contributed by atoms with van der Waals surface area (Å²) in [7, 11) is -3.71. The predicted molar refractivity (Wildman–Crippen MR) is 69.0 cm³/mol. The van der Waals surface area contributed by atoms with Crippen LogP contribution in [0.25, 0.3) is 0 Å². The van der Waals surface area contributed by atoms with E-state index in [-0.39, 0.29) is 22.6 Å². The molecule has 0 saturated heterocycles. The first kappa shape index (κ1) is 15.6. The van der Waals surface area contributed by atoms with Gasteiger partial charge >= 0.3 is 6.18 Å². The molecule has 0 radical (unpaired) electrons. The largest absolute Gasteiger partial charge is 0.416 e. The predicted octanol–water partition coefficient (Wildman–Crippen LogP) is 3.00. The highest BCUT2D eigenvalue weighted by Crippen LogP contribution is 2.33. The van der Waals surface area contributed by atoms with Crippen molar-refractivity contribution < 1.29 is 21.6 Å². The third-order valence-electron chi connectivity index (χ3n) is 3.37. The van der Waals surface area contributed by atoms with Crippen molar-refractivity contribution in [1.29, 1.82) is 0 Å². The van der Waals surface area contributed by atoms with Gasteiger partial charge in [0.15, 0.2) is 9.84 Å². The first-order chi connectivity index (χ1) is 9.22. The molecule has 0 heterocycles. The summed E-state index contributed by atoms with van der Waals surface area (Å²) in [5.41, 5.74) is -0.951. The highest BCUT2D eigenvalue weighted by molar-refractivity contribution is 7.91. The molecule has 0 amide bonds. The van der Waals surface area contributed by atoms with E-state index in [9.17, 15) is 21.6 Å². The van der Waals surface area contributed by atoms with Crippen LogP contribution in [0.3, 0.4) is 0 Å². The molecular formula is C12H13ClF3NO2S. The van der Waals surface area contributed by atoms with Crippen LogP contribution in [-0.4, -0.2) is 20.2 Å². The van der Waals surface area contributed by atoms with Crippen molar-refractivity contribution in [3.63, 3.8) is 0 Å². The van der Waals surface area contributed by atoms with Gasteiger partial charge in [-0.25, -0.2) is 13.3 Å². The fraction of sp³-hybridized carbons (Fsp3) is 0.500. The van der Waals surface area contributed by atoms with Gasteiger partial charge in [-0.2, -0.15) is 13.2 Å². The molecule has 112 valence electrons. The molecule has 0 aliphatic heterocycles. The molecule has 3 nitrogen and oxygen atoms in total. The maximum atomic E-state index is 12.6. The Hall–Kier alpha value is -0.790. The third kappa shape index (κ3) is 3.45. The maximum Gasteiger partial charge on any atom is 0.416 e. The number of benzene rings is 1. The Balaban J connectivity index is 2.14. The summed E-state index contributed by atoms with van der Waals surface area (Å²) >= 11 is 5.40. The van der Waals surface area contributed by atoms with Gasteiger partial charge in [-0.3, -0.25) is 0 Å². The highest BCUT2D eigenvalue weighted by Gasteiger charge is 2.35. The Labute approximate surface area is 120 Å². The molecule has 0 bridgehead atoms. The molecule has 1 saturated carbocycles. The molecule has 1 aromatic rings. The SMILES string of the molecule is O=S(=O)(C[C@H]1C[C@H](NCl)C1)c1cccc(C(F)(F)F)c1. The zero-order chi connectivity index (χ0) is 15.0. The van der Waals surface area contributed by atoms with E-state index in [1.54, 1.807) is 0 Å². The Morgan fingerprint density at radius 3 is 2.50 bits per heavy atom. The molecule has 2 rings (SSSR count). The molecule has 8 heteroatoms. The van der Waals surface area contributed by atoms with E-state index in [2.05, 4.69) is 4.84 Å². The average Bonchev–Trinajstić information content (AvgIpc) is 2.32. The molecule has 1 N–H and O–H groups in total. The second kappa shape index (κ2) is 5.54. The fourth-order valence-corrected chi connectivity index (χ4v) is 4.09. The zero-order valence-electron chi connectivity index (χ0n) is 10.3. The second-order valence-corrected chi connectivity index (χ2v) is 7.20. The lowest BCUT2D eigenvalue weighted by Gasteiger charge is -2.33. The van der Waals surface area contributed by atoms with Gasteiger partial charge in [-0.15, -0.1) is 0 Å². The molecule has 1 aliphatic rings. The van der Waals surface area contributed by atoms with Crippen molar-refractivity contribution in [3.8, 4) is 0 Å². The van der Waals surface area contributed by atoms with Gasteiger partial charge in [0.1, 0.15) is 0 Å². The molecule has 0 atom stereocenters. The number of hydrogen-bond acceptors (Lipinski definition) is 3.